The highest BCUT2D eigenvalue weighted by Gasteiger charge is 2.46. The van der Waals surface area contributed by atoms with E-state index in [4.69, 9.17) is 14.2 Å². The Labute approximate surface area is 129 Å². The van der Waals surface area contributed by atoms with E-state index in [1.165, 1.54) is 6.92 Å². The zero-order valence-corrected chi connectivity index (χ0v) is 12.8. The van der Waals surface area contributed by atoms with Crippen LogP contribution in [0.1, 0.15) is 45.4 Å². The van der Waals surface area contributed by atoms with E-state index in [-0.39, 0.29) is 11.7 Å². The third kappa shape index (κ3) is 4.08. The highest BCUT2D eigenvalue weighted by atomic mass is 16.6. The second-order valence-electron chi connectivity index (χ2n) is 6.27. The zero-order chi connectivity index (χ0) is 16.2. The Morgan fingerprint density at radius 2 is 2.14 bits per heavy atom. The van der Waals surface area contributed by atoms with E-state index in [0.717, 1.165) is 32.1 Å². The molecule has 0 radical (unpaired) electrons. The van der Waals surface area contributed by atoms with Gasteiger partial charge in [0.1, 0.15) is 11.7 Å². The molecule has 2 aliphatic carbocycles. The monoisotopic (exact) mass is 310 g/mol. The van der Waals surface area contributed by atoms with Gasteiger partial charge < -0.3 is 14.2 Å². The lowest BCUT2D eigenvalue weighted by molar-refractivity contribution is -0.185. The van der Waals surface area contributed by atoms with Crippen molar-refractivity contribution in [2.45, 2.75) is 57.2 Å². The number of ether oxygens (including phenoxy) is 3. The van der Waals surface area contributed by atoms with Crippen LogP contribution in [0.25, 0.3) is 0 Å². The van der Waals surface area contributed by atoms with Gasteiger partial charge in [0.05, 0.1) is 0 Å². The SMILES string of the molecule is C=C(C)C(=O)OCC(=O)OC12CCCC(CC(OC=O)C1)C2. The van der Waals surface area contributed by atoms with Crippen molar-refractivity contribution >= 4 is 18.4 Å². The largest absolute Gasteiger partial charge is 0.464 e. The van der Waals surface area contributed by atoms with Crippen LogP contribution < -0.4 is 0 Å². The zero-order valence-electron chi connectivity index (χ0n) is 12.8. The molecule has 3 unspecified atom stereocenters. The summed E-state index contributed by atoms with van der Waals surface area (Å²) < 4.78 is 15.5. The Bertz CT molecular complexity index is 471. The minimum atomic E-state index is -0.609. The molecule has 0 aromatic carbocycles. The van der Waals surface area contributed by atoms with Crippen LogP contribution in [-0.4, -0.2) is 36.7 Å². The molecule has 2 bridgehead atoms. The van der Waals surface area contributed by atoms with Gasteiger partial charge in [-0.1, -0.05) is 13.0 Å². The molecule has 0 saturated heterocycles. The maximum absolute atomic E-state index is 12.0. The molecule has 0 N–H and O–H groups in total. The molecule has 22 heavy (non-hydrogen) atoms. The molecule has 0 aromatic heterocycles. The van der Waals surface area contributed by atoms with Gasteiger partial charge in [-0.3, -0.25) is 4.79 Å². The van der Waals surface area contributed by atoms with Crippen LogP contribution >= 0.6 is 0 Å². The first-order valence-corrected chi connectivity index (χ1v) is 7.58. The fourth-order valence-corrected chi connectivity index (χ4v) is 3.53. The number of fused-ring (bicyclic) bond motifs is 2. The van der Waals surface area contributed by atoms with Gasteiger partial charge in [0.15, 0.2) is 6.61 Å². The van der Waals surface area contributed by atoms with Crippen LogP contribution in [0, 0.1) is 5.92 Å². The Balaban J connectivity index is 1.93. The Hall–Kier alpha value is -1.85. The lowest BCUT2D eigenvalue weighted by Crippen LogP contribution is -2.48. The van der Waals surface area contributed by atoms with Gasteiger partial charge in [-0.05, 0) is 38.5 Å². The highest BCUT2D eigenvalue weighted by molar-refractivity contribution is 5.88. The third-order valence-electron chi connectivity index (χ3n) is 4.35. The molecule has 0 amide bonds. The van der Waals surface area contributed by atoms with Gasteiger partial charge >= 0.3 is 11.9 Å². The number of hydrogen-bond donors (Lipinski definition) is 0. The predicted octanol–water partition coefficient (Wildman–Crippen LogP) is 1.91. The van der Waals surface area contributed by atoms with Crippen molar-refractivity contribution in [3.63, 3.8) is 0 Å². The average molecular weight is 310 g/mol. The van der Waals surface area contributed by atoms with Gasteiger partial charge in [-0.15, -0.1) is 0 Å². The van der Waals surface area contributed by atoms with Crippen molar-refractivity contribution in [1.82, 2.24) is 0 Å². The second-order valence-corrected chi connectivity index (χ2v) is 6.27. The summed E-state index contributed by atoms with van der Waals surface area (Å²) in [6.45, 7) is 5.00. The summed E-state index contributed by atoms with van der Waals surface area (Å²) in [4.78, 5) is 33.8. The Morgan fingerprint density at radius 1 is 1.36 bits per heavy atom. The summed E-state index contributed by atoms with van der Waals surface area (Å²) in [5, 5.41) is 0. The van der Waals surface area contributed by atoms with E-state index in [2.05, 4.69) is 6.58 Å². The maximum Gasteiger partial charge on any atom is 0.344 e. The number of carbonyl (C=O) groups is 3. The molecule has 0 aliphatic heterocycles. The molecule has 2 fully saturated rings. The molecule has 6 heteroatoms. The van der Waals surface area contributed by atoms with Gasteiger partial charge in [0.2, 0.25) is 0 Å². The van der Waals surface area contributed by atoms with E-state index >= 15 is 0 Å². The average Bonchev–Trinajstić information content (AvgIpc) is 2.44. The number of rotatable bonds is 6. The number of carbonyl (C=O) groups excluding carboxylic acids is 3. The van der Waals surface area contributed by atoms with Crippen LogP contribution in [0.15, 0.2) is 12.2 Å². The van der Waals surface area contributed by atoms with Crippen LogP contribution in [0.5, 0.6) is 0 Å². The fourth-order valence-electron chi connectivity index (χ4n) is 3.53. The standard InChI is InChI=1S/C16H22O6/c1-11(2)15(19)20-9-14(18)22-16-5-3-4-12(7-16)6-13(8-16)21-10-17/h10,12-13H,1,3-9H2,2H3. The first-order valence-electron chi connectivity index (χ1n) is 7.58. The minimum absolute atomic E-state index is 0.206. The van der Waals surface area contributed by atoms with Crippen molar-refractivity contribution < 1.29 is 28.6 Å². The molecule has 2 saturated carbocycles. The van der Waals surface area contributed by atoms with Gasteiger partial charge in [0.25, 0.3) is 6.47 Å². The topological polar surface area (TPSA) is 78.9 Å². The number of esters is 2. The third-order valence-corrected chi connectivity index (χ3v) is 4.35. The van der Waals surface area contributed by atoms with E-state index in [1.807, 2.05) is 0 Å². The number of hydrogen-bond acceptors (Lipinski definition) is 6. The first kappa shape index (κ1) is 16.5. The van der Waals surface area contributed by atoms with Crippen LogP contribution in [0.4, 0.5) is 0 Å². The molecule has 3 atom stereocenters. The molecule has 6 nitrogen and oxygen atoms in total. The van der Waals surface area contributed by atoms with Crippen molar-refractivity contribution in [2.75, 3.05) is 6.61 Å². The molecular weight excluding hydrogens is 288 g/mol. The normalized spacial score (nSPS) is 30.0. The van der Waals surface area contributed by atoms with E-state index < -0.39 is 24.1 Å². The van der Waals surface area contributed by atoms with Crippen LogP contribution in [0.3, 0.4) is 0 Å². The van der Waals surface area contributed by atoms with Crippen LogP contribution in [0.2, 0.25) is 0 Å². The molecule has 0 aromatic rings. The lowest BCUT2D eigenvalue weighted by atomic mass is 9.68. The second kappa shape index (κ2) is 6.94. The van der Waals surface area contributed by atoms with Crippen molar-refractivity contribution in [3.05, 3.63) is 12.2 Å². The minimum Gasteiger partial charge on any atom is -0.464 e. The summed E-state index contributed by atoms with van der Waals surface area (Å²) in [5.41, 5.74) is -0.359. The molecule has 2 rings (SSSR count). The van der Waals surface area contributed by atoms with Crippen molar-refractivity contribution in [3.8, 4) is 0 Å². The molecule has 0 heterocycles. The summed E-state index contributed by atoms with van der Waals surface area (Å²) in [6.07, 6.45) is 4.71. The Kier molecular flexibility index (Phi) is 5.21. The molecule has 0 spiro atoms. The fraction of sp³-hybridized carbons (Fsp3) is 0.688. The summed E-state index contributed by atoms with van der Waals surface area (Å²) >= 11 is 0. The van der Waals surface area contributed by atoms with Crippen LogP contribution in [-0.2, 0) is 28.6 Å². The smallest absolute Gasteiger partial charge is 0.344 e. The predicted molar refractivity (Wildman–Crippen MR) is 76.7 cm³/mol. The summed E-state index contributed by atoms with van der Waals surface area (Å²) in [5.74, 6) is -0.776. The lowest BCUT2D eigenvalue weighted by Gasteiger charge is -2.46. The summed E-state index contributed by atoms with van der Waals surface area (Å²) in [7, 11) is 0. The first-order chi connectivity index (χ1) is 10.4. The quantitative estimate of drug-likeness (QED) is 0.323. The van der Waals surface area contributed by atoms with Crippen molar-refractivity contribution in [2.24, 2.45) is 5.92 Å². The molecule has 2 aliphatic rings. The van der Waals surface area contributed by atoms with E-state index in [1.54, 1.807) is 0 Å². The van der Waals surface area contributed by atoms with E-state index in [0.29, 0.717) is 18.8 Å². The van der Waals surface area contributed by atoms with Gasteiger partial charge in [0, 0.05) is 12.0 Å². The Morgan fingerprint density at radius 3 is 2.82 bits per heavy atom. The van der Waals surface area contributed by atoms with Gasteiger partial charge in [-0.2, -0.15) is 0 Å². The maximum atomic E-state index is 12.0. The highest BCUT2D eigenvalue weighted by Crippen LogP contribution is 2.46. The van der Waals surface area contributed by atoms with Crippen molar-refractivity contribution in [1.29, 1.82) is 0 Å². The molecule has 122 valence electrons. The molecular formula is C16H22O6. The van der Waals surface area contributed by atoms with E-state index in [9.17, 15) is 14.4 Å². The van der Waals surface area contributed by atoms with Gasteiger partial charge in [-0.25, -0.2) is 9.59 Å². The summed E-state index contributed by atoms with van der Waals surface area (Å²) in [6, 6.07) is 0.